The molecular formula is C21H24N2O2. The second kappa shape index (κ2) is 6.62. The monoisotopic (exact) mass is 336 g/mol. The van der Waals surface area contributed by atoms with Crippen LogP contribution in [0.25, 0.3) is 0 Å². The lowest BCUT2D eigenvalue weighted by molar-refractivity contribution is -0.171. The van der Waals surface area contributed by atoms with E-state index in [1.165, 1.54) is 11.1 Å². The molecule has 4 heteroatoms. The van der Waals surface area contributed by atoms with E-state index in [2.05, 4.69) is 59.5 Å². The molecule has 2 atom stereocenters. The predicted molar refractivity (Wildman–Crippen MR) is 98.5 cm³/mol. The Balaban J connectivity index is 1.83. The van der Waals surface area contributed by atoms with Crippen LogP contribution in [0.2, 0.25) is 0 Å². The molecule has 2 aromatic rings. The van der Waals surface area contributed by atoms with Gasteiger partial charge in [0.15, 0.2) is 5.84 Å². The SMILES string of the molecule is COC1(OC)CCCN2C1=N[C@H](c1ccccc1)[C@@H]2c1ccccc1. The van der Waals surface area contributed by atoms with Crippen LogP contribution in [0.4, 0.5) is 0 Å². The van der Waals surface area contributed by atoms with Crippen LogP contribution in [0, 0.1) is 0 Å². The van der Waals surface area contributed by atoms with Gasteiger partial charge in [0, 0.05) is 27.2 Å². The summed E-state index contributed by atoms with van der Waals surface area (Å²) < 4.78 is 11.6. The average molecular weight is 336 g/mol. The predicted octanol–water partition coefficient (Wildman–Crippen LogP) is 3.97. The van der Waals surface area contributed by atoms with Gasteiger partial charge in [-0.25, -0.2) is 0 Å². The van der Waals surface area contributed by atoms with Crippen molar-refractivity contribution in [2.24, 2.45) is 4.99 Å². The van der Waals surface area contributed by atoms with E-state index < -0.39 is 5.79 Å². The molecule has 2 heterocycles. The van der Waals surface area contributed by atoms with Gasteiger partial charge in [0.05, 0.1) is 6.04 Å². The zero-order valence-corrected chi connectivity index (χ0v) is 14.8. The largest absolute Gasteiger partial charge is 0.347 e. The Bertz CT molecular complexity index is 741. The fourth-order valence-electron chi connectivity index (χ4n) is 4.12. The third kappa shape index (κ3) is 2.66. The fraction of sp³-hybridized carbons (Fsp3) is 0.381. The quantitative estimate of drug-likeness (QED) is 0.793. The van der Waals surface area contributed by atoms with Crippen molar-refractivity contribution in [1.29, 1.82) is 0 Å². The number of hydrogen-bond acceptors (Lipinski definition) is 4. The zero-order valence-electron chi connectivity index (χ0n) is 14.8. The lowest BCUT2D eigenvalue weighted by atomic mass is 9.92. The number of hydrogen-bond donors (Lipinski definition) is 0. The summed E-state index contributed by atoms with van der Waals surface area (Å²) in [6, 6.07) is 21.4. The molecule has 25 heavy (non-hydrogen) atoms. The van der Waals surface area contributed by atoms with Gasteiger partial charge in [-0.2, -0.15) is 0 Å². The van der Waals surface area contributed by atoms with Crippen molar-refractivity contribution in [3.8, 4) is 0 Å². The summed E-state index contributed by atoms with van der Waals surface area (Å²) in [5, 5.41) is 0. The highest BCUT2D eigenvalue weighted by Crippen LogP contribution is 2.47. The smallest absolute Gasteiger partial charge is 0.227 e. The standard InChI is InChI=1S/C21H24N2O2/c1-24-21(25-2)14-9-15-23-19(17-12-7-4-8-13-17)18(22-20(21)23)16-10-5-3-6-11-16/h3-8,10-13,18-19H,9,14-15H2,1-2H3/t18-,19+/m1/s1. The van der Waals surface area contributed by atoms with Gasteiger partial charge in [0.1, 0.15) is 6.04 Å². The minimum atomic E-state index is -0.741. The number of piperidine rings is 1. The van der Waals surface area contributed by atoms with Crippen LogP contribution in [0.3, 0.4) is 0 Å². The van der Waals surface area contributed by atoms with E-state index in [0.29, 0.717) is 0 Å². The van der Waals surface area contributed by atoms with E-state index >= 15 is 0 Å². The van der Waals surface area contributed by atoms with Gasteiger partial charge in [-0.15, -0.1) is 0 Å². The molecule has 2 aliphatic heterocycles. The number of aliphatic imine (C=N–C) groups is 1. The van der Waals surface area contributed by atoms with Gasteiger partial charge in [0.2, 0.25) is 5.79 Å². The Morgan fingerprint density at radius 2 is 1.52 bits per heavy atom. The second-order valence-electron chi connectivity index (χ2n) is 6.62. The highest BCUT2D eigenvalue weighted by molar-refractivity contribution is 5.92. The molecule has 1 fully saturated rings. The van der Waals surface area contributed by atoms with E-state index in [1.807, 2.05) is 6.07 Å². The summed E-state index contributed by atoms with van der Waals surface area (Å²) in [4.78, 5) is 7.50. The molecule has 0 unspecified atom stereocenters. The summed E-state index contributed by atoms with van der Waals surface area (Å²) in [6.07, 6.45) is 1.85. The highest BCUT2D eigenvalue weighted by atomic mass is 16.7. The Morgan fingerprint density at radius 3 is 2.12 bits per heavy atom. The molecule has 4 rings (SSSR count). The van der Waals surface area contributed by atoms with E-state index in [-0.39, 0.29) is 12.1 Å². The average Bonchev–Trinajstić information content (AvgIpc) is 3.09. The molecule has 0 saturated carbocycles. The van der Waals surface area contributed by atoms with Crippen molar-refractivity contribution >= 4 is 5.84 Å². The molecule has 0 N–H and O–H groups in total. The Morgan fingerprint density at radius 1 is 0.920 bits per heavy atom. The number of methoxy groups -OCH3 is 2. The van der Waals surface area contributed by atoms with E-state index in [4.69, 9.17) is 14.5 Å². The third-order valence-corrected chi connectivity index (χ3v) is 5.36. The first-order valence-corrected chi connectivity index (χ1v) is 8.84. The molecule has 0 aliphatic carbocycles. The van der Waals surface area contributed by atoms with Crippen LogP contribution in [-0.4, -0.2) is 37.3 Å². The Labute approximate surface area is 149 Å². The maximum absolute atomic E-state index is 5.82. The minimum Gasteiger partial charge on any atom is -0.347 e. The normalized spacial score (nSPS) is 24.7. The molecular weight excluding hydrogens is 312 g/mol. The van der Waals surface area contributed by atoms with Crippen molar-refractivity contribution in [2.75, 3.05) is 20.8 Å². The number of fused-ring (bicyclic) bond motifs is 1. The highest BCUT2D eigenvalue weighted by Gasteiger charge is 2.50. The van der Waals surface area contributed by atoms with E-state index in [0.717, 1.165) is 25.2 Å². The second-order valence-corrected chi connectivity index (χ2v) is 6.62. The van der Waals surface area contributed by atoms with Crippen molar-refractivity contribution in [1.82, 2.24) is 4.90 Å². The van der Waals surface area contributed by atoms with E-state index in [9.17, 15) is 0 Å². The van der Waals surface area contributed by atoms with Crippen LogP contribution in [0.1, 0.15) is 36.1 Å². The van der Waals surface area contributed by atoms with Crippen LogP contribution in [0.15, 0.2) is 65.7 Å². The summed E-state index contributed by atoms with van der Waals surface area (Å²) in [5.41, 5.74) is 2.50. The maximum atomic E-state index is 5.82. The molecule has 0 amide bonds. The lowest BCUT2D eigenvalue weighted by Gasteiger charge is -2.42. The number of nitrogens with zero attached hydrogens (tertiary/aromatic N) is 2. The number of ether oxygens (including phenoxy) is 2. The lowest BCUT2D eigenvalue weighted by Crippen LogP contribution is -2.54. The van der Waals surface area contributed by atoms with Crippen molar-refractivity contribution in [2.45, 2.75) is 30.7 Å². The molecule has 1 saturated heterocycles. The van der Waals surface area contributed by atoms with Crippen molar-refractivity contribution < 1.29 is 9.47 Å². The first-order chi connectivity index (χ1) is 12.3. The Hall–Kier alpha value is -2.17. The third-order valence-electron chi connectivity index (χ3n) is 5.36. The zero-order chi connectivity index (χ0) is 17.3. The maximum Gasteiger partial charge on any atom is 0.227 e. The summed E-state index contributed by atoms with van der Waals surface area (Å²) in [6.45, 7) is 0.968. The van der Waals surface area contributed by atoms with Gasteiger partial charge in [-0.3, -0.25) is 4.99 Å². The molecule has 0 aromatic heterocycles. The molecule has 4 nitrogen and oxygen atoms in total. The van der Waals surface area contributed by atoms with Gasteiger partial charge in [0.25, 0.3) is 0 Å². The topological polar surface area (TPSA) is 34.1 Å². The van der Waals surface area contributed by atoms with Gasteiger partial charge >= 0.3 is 0 Å². The fourth-order valence-corrected chi connectivity index (χ4v) is 4.12. The molecule has 0 radical (unpaired) electrons. The van der Waals surface area contributed by atoms with Crippen LogP contribution in [-0.2, 0) is 9.47 Å². The first-order valence-electron chi connectivity index (χ1n) is 8.84. The summed E-state index contributed by atoms with van der Waals surface area (Å²) in [7, 11) is 3.42. The number of amidine groups is 1. The Kier molecular flexibility index (Phi) is 4.32. The van der Waals surface area contributed by atoms with Gasteiger partial charge < -0.3 is 14.4 Å². The summed E-state index contributed by atoms with van der Waals surface area (Å²) >= 11 is 0. The first kappa shape index (κ1) is 16.3. The molecule has 2 aromatic carbocycles. The van der Waals surface area contributed by atoms with Crippen LogP contribution < -0.4 is 0 Å². The number of rotatable bonds is 4. The van der Waals surface area contributed by atoms with Crippen LogP contribution in [0.5, 0.6) is 0 Å². The molecule has 0 bridgehead atoms. The van der Waals surface area contributed by atoms with E-state index in [1.54, 1.807) is 14.2 Å². The molecule has 0 spiro atoms. The van der Waals surface area contributed by atoms with Crippen molar-refractivity contribution in [3.63, 3.8) is 0 Å². The minimum absolute atomic E-state index is 0.0429. The van der Waals surface area contributed by atoms with Crippen LogP contribution >= 0.6 is 0 Å². The van der Waals surface area contributed by atoms with Gasteiger partial charge in [-0.05, 0) is 17.5 Å². The van der Waals surface area contributed by atoms with Gasteiger partial charge in [-0.1, -0.05) is 60.7 Å². The molecule has 130 valence electrons. The summed E-state index contributed by atoms with van der Waals surface area (Å²) in [5.74, 6) is 0.181. The van der Waals surface area contributed by atoms with Crippen molar-refractivity contribution in [3.05, 3.63) is 71.8 Å². The number of benzene rings is 2. The molecule has 2 aliphatic rings.